The van der Waals surface area contributed by atoms with Gasteiger partial charge in [0.25, 0.3) is 0 Å². The highest BCUT2D eigenvalue weighted by atomic mass is 15.2. The zero-order valence-electron chi connectivity index (χ0n) is 13.3. The quantitative estimate of drug-likeness (QED) is 0.812. The molecular formula is C18H30N2. The van der Waals surface area contributed by atoms with Crippen LogP contribution in [0.25, 0.3) is 0 Å². The fourth-order valence-electron chi connectivity index (χ4n) is 3.21. The van der Waals surface area contributed by atoms with E-state index < -0.39 is 0 Å². The van der Waals surface area contributed by atoms with Gasteiger partial charge in [0, 0.05) is 18.6 Å². The van der Waals surface area contributed by atoms with Crippen molar-refractivity contribution in [3.05, 3.63) is 35.9 Å². The first-order valence-electron chi connectivity index (χ1n) is 8.18. The molecule has 2 unspecified atom stereocenters. The summed E-state index contributed by atoms with van der Waals surface area (Å²) in [7, 11) is 0. The van der Waals surface area contributed by atoms with E-state index in [1.54, 1.807) is 0 Å². The van der Waals surface area contributed by atoms with Gasteiger partial charge in [-0.15, -0.1) is 0 Å². The van der Waals surface area contributed by atoms with E-state index in [0.29, 0.717) is 18.0 Å². The van der Waals surface area contributed by atoms with Crippen molar-refractivity contribution in [1.29, 1.82) is 0 Å². The fourth-order valence-corrected chi connectivity index (χ4v) is 3.21. The lowest BCUT2D eigenvalue weighted by molar-refractivity contribution is 0.277. The zero-order valence-corrected chi connectivity index (χ0v) is 13.3. The van der Waals surface area contributed by atoms with Crippen molar-refractivity contribution in [2.24, 2.45) is 5.92 Å². The third-order valence-corrected chi connectivity index (χ3v) is 4.13. The van der Waals surface area contributed by atoms with Crippen LogP contribution < -0.4 is 5.32 Å². The summed E-state index contributed by atoms with van der Waals surface area (Å²) >= 11 is 0. The van der Waals surface area contributed by atoms with Crippen LogP contribution in [0.15, 0.2) is 30.3 Å². The van der Waals surface area contributed by atoms with E-state index in [1.807, 2.05) is 0 Å². The highest BCUT2D eigenvalue weighted by Crippen LogP contribution is 2.22. The third kappa shape index (κ3) is 4.92. The molecule has 0 bridgehead atoms. The van der Waals surface area contributed by atoms with Crippen LogP contribution in [0.5, 0.6) is 0 Å². The molecule has 112 valence electrons. The van der Waals surface area contributed by atoms with E-state index >= 15 is 0 Å². The topological polar surface area (TPSA) is 15.3 Å². The van der Waals surface area contributed by atoms with Gasteiger partial charge in [-0.1, -0.05) is 44.2 Å². The maximum atomic E-state index is 3.85. The summed E-state index contributed by atoms with van der Waals surface area (Å²) in [6.45, 7) is 10.7. The minimum Gasteiger partial charge on any atom is -0.306 e. The first kappa shape index (κ1) is 15.5. The SMILES string of the molecule is CC(C)CC(NC(C)CN1CCCC1)c1ccccc1. The second kappa shape index (κ2) is 7.80. The molecule has 0 spiro atoms. The first-order chi connectivity index (χ1) is 9.65. The van der Waals surface area contributed by atoms with Gasteiger partial charge in [-0.05, 0) is 50.8 Å². The van der Waals surface area contributed by atoms with Crippen molar-refractivity contribution in [2.45, 2.75) is 52.1 Å². The van der Waals surface area contributed by atoms with Crippen LogP contribution in [0.2, 0.25) is 0 Å². The Hall–Kier alpha value is -0.860. The minimum absolute atomic E-state index is 0.480. The van der Waals surface area contributed by atoms with Crippen LogP contribution in [-0.2, 0) is 0 Å². The van der Waals surface area contributed by atoms with Gasteiger partial charge in [-0.3, -0.25) is 0 Å². The average Bonchev–Trinajstić information content (AvgIpc) is 2.91. The van der Waals surface area contributed by atoms with E-state index in [1.165, 1.54) is 44.5 Å². The summed E-state index contributed by atoms with van der Waals surface area (Å²) in [5, 5.41) is 3.85. The van der Waals surface area contributed by atoms with Crippen molar-refractivity contribution in [3.8, 4) is 0 Å². The standard InChI is InChI=1S/C18H30N2/c1-15(2)13-18(17-9-5-4-6-10-17)19-16(3)14-20-11-7-8-12-20/h4-6,9-10,15-16,18-19H,7-8,11-14H2,1-3H3. The molecule has 1 saturated heterocycles. The Morgan fingerprint density at radius 2 is 1.70 bits per heavy atom. The van der Waals surface area contributed by atoms with Crippen molar-refractivity contribution >= 4 is 0 Å². The highest BCUT2D eigenvalue weighted by Gasteiger charge is 2.19. The number of hydrogen-bond donors (Lipinski definition) is 1. The van der Waals surface area contributed by atoms with Crippen LogP contribution in [-0.4, -0.2) is 30.6 Å². The molecule has 0 aliphatic carbocycles. The van der Waals surface area contributed by atoms with Gasteiger partial charge in [0.15, 0.2) is 0 Å². The summed E-state index contributed by atoms with van der Waals surface area (Å²) in [5.41, 5.74) is 1.43. The van der Waals surface area contributed by atoms with Crippen LogP contribution in [0.4, 0.5) is 0 Å². The molecule has 2 nitrogen and oxygen atoms in total. The van der Waals surface area contributed by atoms with Crippen molar-refractivity contribution in [2.75, 3.05) is 19.6 Å². The number of benzene rings is 1. The van der Waals surface area contributed by atoms with Crippen LogP contribution in [0.3, 0.4) is 0 Å². The van der Waals surface area contributed by atoms with Crippen LogP contribution in [0.1, 0.15) is 51.6 Å². The Morgan fingerprint density at radius 3 is 2.30 bits per heavy atom. The van der Waals surface area contributed by atoms with Gasteiger partial charge in [0.1, 0.15) is 0 Å². The number of hydrogen-bond acceptors (Lipinski definition) is 2. The molecule has 1 heterocycles. The van der Waals surface area contributed by atoms with Crippen molar-refractivity contribution < 1.29 is 0 Å². The largest absolute Gasteiger partial charge is 0.306 e. The monoisotopic (exact) mass is 274 g/mol. The molecule has 0 saturated carbocycles. The van der Waals surface area contributed by atoms with E-state index in [4.69, 9.17) is 0 Å². The lowest BCUT2D eigenvalue weighted by Gasteiger charge is -2.28. The summed E-state index contributed by atoms with van der Waals surface area (Å²) in [6.07, 6.45) is 3.95. The molecule has 0 aromatic heterocycles. The van der Waals surface area contributed by atoms with Crippen molar-refractivity contribution in [3.63, 3.8) is 0 Å². The molecule has 0 radical (unpaired) electrons. The highest BCUT2D eigenvalue weighted by molar-refractivity contribution is 5.19. The second-order valence-corrected chi connectivity index (χ2v) is 6.67. The van der Waals surface area contributed by atoms with E-state index in [0.717, 1.165) is 0 Å². The van der Waals surface area contributed by atoms with Crippen molar-refractivity contribution in [1.82, 2.24) is 10.2 Å². The Labute approximate surface area is 124 Å². The van der Waals surface area contributed by atoms with Gasteiger partial charge in [-0.25, -0.2) is 0 Å². The Kier molecular flexibility index (Phi) is 6.06. The summed E-state index contributed by atoms with van der Waals surface area (Å²) in [5.74, 6) is 0.715. The first-order valence-corrected chi connectivity index (χ1v) is 8.18. The predicted octanol–water partition coefficient (Wildman–Crippen LogP) is 3.85. The maximum Gasteiger partial charge on any atom is 0.0325 e. The molecule has 2 rings (SSSR count). The molecule has 0 amide bonds. The Bertz CT molecular complexity index is 368. The molecule has 1 fully saturated rings. The van der Waals surface area contributed by atoms with Gasteiger partial charge in [0.2, 0.25) is 0 Å². The number of nitrogens with zero attached hydrogens (tertiary/aromatic N) is 1. The minimum atomic E-state index is 0.480. The second-order valence-electron chi connectivity index (χ2n) is 6.67. The summed E-state index contributed by atoms with van der Waals surface area (Å²) in [4.78, 5) is 2.59. The van der Waals surface area contributed by atoms with Gasteiger partial charge in [0.05, 0.1) is 0 Å². The molecule has 20 heavy (non-hydrogen) atoms. The maximum absolute atomic E-state index is 3.85. The summed E-state index contributed by atoms with van der Waals surface area (Å²) in [6, 6.07) is 11.9. The average molecular weight is 274 g/mol. The van der Waals surface area contributed by atoms with Crippen LogP contribution in [0, 0.1) is 5.92 Å². The number of nitrogens with one attached hydrogen (secondary N) is 1. The van der Waals surface area contributed by atoms with Gasteiger partial charge < -0.3 is 10.2 Å². The smallest absolute Gasteiger partial charge is 0.0325 e. The fraction of sp³-hybridized carbons (Fsp3) is 0.667. The normalized spacial score (nSPS) is 19.4. The molecule has 1 N–H and O–H groups in total. The van der Waals surface area contributed by atoms with E-state index in [9.17, 15) is 0 Å². The molecule has 2 atom stereocenters. The third-order valence-electron chi connectivity index (χ3n) is 4.13. The Balaban J connectivity index is 1.92. The van der Waals surface area contributed by atoms with E-state index in [-0.39, 0.29) is 0 Å². The van der Waals surface area contributed by atoms with Gasteiger partial charge >= 0.3 is 0 Å². The molecule has 2 heteroatoms. The number of rotatable bonds is 7. The lowest BCUT2D eigenvalue weighted by atomic mass is 9.96. The molecule has 1 aliphatic heterocycles. The molecule has 1 aliphatic rings. The predicted molar refractivity (Wildman–Crippen MR) is 86.9 cm³/mol. The zero-order chi connectivity index (χ0) is 14.4. The van der Waals surface area contributed by atoms with E-state index in [2.05, 4.69) is 61.3 Å². The molecular weight excluding hydrogens is 244 g/mol. The molecule has 1 aromatic carbocycles. The Morgan fingerprint density at radius 1 is 1.05 bits per heavy atom. The lowest BCUT2D eigenvalue weighted by Crippen LogP contribution is -2.40. The van der Waals surface area contributed by atoms with Crippen LogP contribution >= 0.6 is 0 Å². The number of likely N-dealkylation sites (tertiary alicyclic amines) is 1. The summed E-state index contributed by atoms with van der Waals surface area (Å²) < 4.78 is 0. The van der Waals surface area contributed by atoms with Gasteiger partial charge in [-0.2, -0.15) is 0 Å². The molecule has 1 aromatic rings.